The summed E-state index contributed by atoms with van der Waals surface area (Å²) in [5.41, 5.74) is 8.35. The highest BCUT2D eigenvalue weighted by Crippen LogP contribution is 2.24. The van der Waals surface area contributed by atoms with Crippen LogP contribution in [0.25, 0.3) is 0 Å². The number of hydrogen-bond donors (Lipinski definition) is 1. The zero-order valence-electron chi connectivity index (χ0n) is 12.6. The number of morpholine rings is 1. The van der Waals surface area contributed by atoms with Gasteiger partial charge in [0.1, 0.15) is 0 Å². The van der Waals surface area contributed by atoms with Gasteiger partial charge < -0.3 is 10.5 Å². The van der Waals surface area contributed by atoms with E-state index in [0.29, 0.717) is 0 Å². The molecule has 2 N–H and O–H groups in total. The monoisotopic (exact) mass is 344 g/mol. The van der Waals surface area contributed by atoms with E-state index >= 15 is 0 Å². The standard InChI is InChI=1S/C14H25BrN4O/c1-4-11-14(15)12(19(5-2)17-11)8-18-6-7-20-13(9-18)10(3)16/h10,13H,4-9,16H2,1-3H3. The van der Waals surface area contributed by atoms with Crippen molar-refractivity contribution in [2.75, 3.05) is 19.7 Å². The van der Waals surface area contributed by atoms with Gasteiger partial charge in [-0.05, 0) is 36.2 Å². The molecule has 0 amide bonds. The maximum Gasteiger partial charge on any atom is 0.0850 e. The minimum absolute atomic E-state index is 0.0727. The molecule has 0 radical (unpaired) electrons. The lowest BCUT2D eigenvalue weighted by Crippen LogP contribution is -2.49. The van der Waals surface area contributed by atoms with E-state index in [0.717, 1.165) is 49.4 Å². The van der Waals surface area contributed by atoms with Crippen LogP contribution in [0.2, 0.25) is 0 Å². The normalized spacial score (nSPS) is 22.1. The Labute approximate surface area is 129 Å². The third-order valence-electron chi connectivity index (χ3n) is 3.83. The summed E-state index contributed by atoms with van der Waals surface area (Å²) in [6.45, 7) is 10.7. The average Bonchev–Trinajstić information content (AvgIpc) is 2.75. The molecule has 0 saturated carbocycles. The van der Waals surface area contributed by atoms with Crippen molar-refractivity contribution >= 4 is 15.9 Å². The predicted octanol–water partition coefficient (Wildman–Crippen LogP) is 1.78. The lowest BCUT2D eigenvalue weighted by atomic mass is 10.1. The van der Waals surface area contributed by atoms with Gasteiger partial charge in [0.25, 0.3) is 0 Å². The molecule has 1 fully saturated rings. The molecular formula is C14H25BrN4O. The second-order valence-corrected chi connectivity index (χ2v) is 6.17. The molecular weight excluding hydrogens is 320 g/mol. The highest BCUT2D eigenvalue weighted by molar-refractivity contribution is 9.10. The fourth-order valence-electron chi connectivity index (χ4n) is 2.57. The van der Waals surface area contributed by atoms with E-state index in [9.17, 15) is 0 Å². The Morgan fingerprint density at radius 2 is 2.25 bits per heavy atom. The van der Waals surface area contributed by atoms with Crippen LogP contribution in [0.15, 0.2) is 4.47 Å². The molecule has 6 heteroatoms. The Morgan fingerprint density at radius 3 is 2.85 bits per heavy atom. The summed E-state index contributed by atoms with van der Waals surface area (Å²) >= 11 is 3.71. The van der Waals surface area contributed by atoms with Crippen LogP contribution in [0.4, 0.5) is 0 Å². The molecule has 114 valence electrons. The summed E-state index contributed by atoms with van der Waals surface area (Å²) in [7, 11) is 0. The largest absolute Gasteiger partial charge is 0.374 e. The summed E-state index contributed by atoms with van der Waals surface area (Å²) in [6, 6.07) is 0.0727. The van der Waals surface area contributed by atoms with Crippen LogP contribution in [0.1, 0.15) is 32.2 Å². The first kappa shape index (κ1) is 15.9. The van der Waals surface area contributed by atoms with Crippen LogP contribution in [0, 0.1) is 0 Å². The zero-order chi connectivity index (χ0) is 14.7. The van der Waals surface area contributed by atoms with Gasteiger partial charge in [-0.1, -0.05) is 6.92 Å². The third kappa shape index (κ3) is 3.42. The zero-order valence-corrected chi connectivity index (χ0v) is 14.2. The molecule has 1 aromatic rings. The molecule has 1 aliphatic rings. The number of ether oxygens (including phenoxy) is 1. The number of nitrogens with two attached hydrogens (primary N) is 1. The Morgan fingerprint density at radius 1 is 1.50 bits per heavy atom. The Kier molecular flexibility index (Phi) is 5.60. The van der Waals surface area contributed by atoms with E-state index in [1.807, 2.05) is 6.92 Å². The van der Waals surface area contributed by atoms with Gasteiger partial charge in [0.05, 0.1) is 28.6 Å². The smallest absolute Gasteiger partial charge is 0.0850 e. The first-order chi connectivity index (χ1) is 9.56. The van der Waals surface area contributed by atoms with Gasteiger partial charge in [0, 0.05) is 32.2 Å². The van der Waals surface area contributed by atoms with E-state index in [-0.39, 0.29) is 12.1 Å². The van der Waals surface area contributed by atoms with Crippen LogP contribution in [0.5, 0.6) is 0 Å². The molecule has 20 heavy (non-hydrogen) atoms. The fourth-order valence-corrected chi connectivity index (χ4v) is 3.26. The quantitative estimate of drug-likeness (QED) is 0.884. The van der Waals surface area contributed by atoms with Gasteiger partial charge in [-0.2, -0.15) is 5.10 Å². The van der Waals surface area contributed by atoms with Crippen molar-refractivity contribution in [2.24, 2.45) is 5.73 Å². The van der Waals surface area contributed by atoms with E-state index in [1.54, 1.807) is 0 Å². The van der Waals surface area contributed by atoms with E-state index in [4.69, 9.17) is 10.5 Å². The third-order valence-corrected chi connectivity index (χ3v) is 4.75. The molecule has 0 aromatic carbocycles. The SMILES string of the molecule is CCc1nn(CC)c(CN2CCOC(C(C)N)C2)c1Br. The van der Waals surface area contributed by atoms with E-state index in [1.165, 1.54) is 5.69 Å². The number of hydrogen-bond acceptors (Lipinski definition) is 4. The highest BCUT2D eigenvalue weighted by Gasteiger charge is 2.25. The molecule has 2 heterocycles. The van der Waals surface area contributed by atoms with Crippen molar-refractivity contribution < 1.29 is 4.74 Å². The summed E-state index contributed by atoms with van der Waals surface area (Å²) in [6.07, 6.45) is 1.08. The van der Waals surface area contributed by atoms with Gasteiger partial charge >= 0.3 is 0 Å². The van der Waals surface area contributed by atoms with Crippen LogP contribution in [-0.4, -0.2) is 46.5 Å². The first-order valence-corrected chi connectivity index (χ1v) is 8.19. The molecule has 0 aliphatic carbocycles. The van der Waals surface area contributed by atoms with Crippen LogP contribution in [-0.2, 0) is 24.2 Å². The average molecular weight is 345 g/mol. The number of aromatic nitrogens is 2. The van der Waals surface area contributed by atoms with Crippen molar-refractivity contribution in [3.8, 4) is 0 Å². The second kappa shape index (κ2) is 7.02. The highest BCUT2D eigenvalue weighted by atomic mass is 79.9. The topological polar surface area (TPSA) is 56.3 Å². The van der Waals surface area contributed by atoms with Crippen molar-refractivity contribution in [3.05, 3.63) is 15.9 Å². The van der Waals surface area contributed by atoms with Crippen molar-refractivity contribution in [1.29, 1.82) is 0 Å². The van der Waals surface area contributed by atoms with Crippen LogP contribution in [0.3, 0.4) is 0 Å². The molecule has 1 aliphatic heterocycles. The molecule has 2 atom stereocenters. The molecule has 0 spiro atoms. The number of aryl methyl sites for hydroxylation is 2. The van der Waals surface area contributed by atoms with E-state index < -0.39 is 0 Å². The van der Waals surface area contributed by atoms with Gasteiger partial charge in [-0.25, -0.2) is 0 Å². The number of halogens is 1. The van der Waals surface area contributed by atoms with Crippen molar-refractivity contribution in [3.63, 3.8) is 0 Å². The van der Waals surface area contributed by atoms with Crippen molar-refractivity contribution in [2.45, 2.75) is 52.4 Å². The fraction of sp³-hybridized carbons (Fsp3) is 0.786. The Balaban J connectivity index is 2.11. The predicted molar refractivity (Wildman–Crippen MR) is 83.6 cm³/mol. The minimum Gasteiger partial charge on any atom is -0.374 e. The summed E-state index contributed by atoms with van der Waals surface area (Å²) in [5.74, 6) is 0. The van der Waals surface area contributed by atoms with Gasteiger partial charge in [0.15, 0.2) is 0 Å². The summed E-state index contributed by atoms with van der Waals surface area (Å²) < 4.78 is 8.97. The lowest BCUT2D eigenvalue weighted by Gasteiger charge is -2.34. The first-order valence-electron chi connectivity index (χ1n) is 7.40. The number of rotatable bonds is 5. The second-order valence-electron chi connectivity index (χ2n) is 5.38. The van der Waals surface area contributed by atoms with Crippen molar-refractivity contribution in [1.82, 2.24) is 14.7 Å². The number of nitrogens with zero attached hydrogens (tertiary/aromatic N) is 3. The molecule has 2 rings (SSSR count). The Hall–Kier alpha value is -0.430. The Bertz CT molecular complexity index is 447. The van der Waals surface area contributed by atoms with Crippen LogP contribution >= 0.6 is 15.9 Å². The lowest BCUT2D eigenvalue weighted by molar-refractivity contribution is -0.0410. The molecule has 2 unspecified atom stereocenters. The summed E-state index contributed by atoms with van der Waals surface area (Å²) in [5, 5.41) is 4.65. The van der Waals surface area contributed by atoms with Gasteiger partial charge in [0.2, 0.25) is 0 Å². The van der Waals surface area contributed by atoms with E-state index in [2.05, 4.69) is 44.5 Å². The molecule has 1 aromatic heterocycles. The maximum atomic E-state index is 5.96. The minimum atomic E-state index is 0.0727. The van der Waals surface area contributed by atoms with Crippen LogP contribution < -0.4 is 5.73 Å². The molecule has 1 saturated heterocycles. The summed E-state index contributed by atoms with van der Waals surface area (Å²) in [4.78, 5) is 2.41. The van der Waals surface area contributed by atoms with Gasteiger partial charge in [-0.15, -0.1) is 0 Å². The molecule has 5 nitrogen and oxygen atoms in total. The van der Waals surface area contributed by atoms with Gasteiger partial charge in [-0.3, -0.25) is 9.58 Å². The molecule has 0 bridgehead atoms. The maximum absolute atomic E-state index is 5.96.